The minimum absolute atomic E-state index is 0.162. The van der Waals surface area contributed by atoms with Crippen molar-refractivity contribution in [2.24, 2.45) is 0 Å². The molecule has 1 heterocycles. The molecule has 1 aliphatic heterocycles. The SMILES string of the molecule is Cc1ccc(CN2C(=O)O[C@H](c3cccc(NC(=O)Cc4ccccc4)c3)[C@H]2C(=O)NCc2ccccc2)cc1. The maximum atomic E-state index is 13.6. The summed E-state index contributed by atoms with van der Waals surface area (Å²) >= 11 is 0. The molecule has 1 aliphatic rings. The summed E-state index contributed by atoms with van der Waals surface area (Å²) in [5.74, 6) is -0.477. The first kappa shape index (κ1) is 26.7. The van der Waals surface area contributed by atoms with Crippen molar-refractivity contribution in [3.8, 4) is 0 Å². The van der Waals surface area contributed by atoms with Crippen LogP contribution in [0.4, 0.5) is 10.5 Å². The van der Waals surface area contributed by atoms with Gasteiger partial charge in [0.05, 0.1) is 13.0 Å². The zero-order chi connectivity index (χ0) is 27.9. The van der Waals surface area contributed by atoms with Crippen LogP contribution in [0.1, 0.15) is 33.9 Å². The maximum absolute atomic E-state index is 13.6. The second-order valence-electron chi connectivity index (χ2n) is 9.90. The number of hydrogen-bond acceptors (Lipinski definition) is 4. The zero-order valence-corrected chi connectivity index (χ0v) is 22.2. The molecule has 40 heavy (non-hydrogen) atoms. The van der Waals surface area contributed by atoms with Gasteiger partial charge in [0.15, 0.2) is 12.1 Å². The summed E-state index contributed by atoms with van der Waals surface area (Å²) in [6.07, 6.45) is -1.18. The van der Waals surface area contributed by atoms with Crippen LogP contribution in [-0.4, -0.2) is 28.8 Å². The summed E-state index contributed by atoms with van der Waals surface area (Å²) in [5, 5.41) is 5.90. The van der Waals surface area contributed by atoms with Crippen LogP contribution >= 0.6 is 0 Å². The lowest BCUT2D eigenvalue weighted by molar-refractivity contribution is -0.126. The predicted molar refractivity (Wildman–Crippen MR) is 153 cm³/mol. The fraction of sp³-hybridized carbons (Fsp3) is 0.182. The Balaban J connectivity index is 1.37. The van der Waals surface area contributed by atoms with E-state index in [2.05, 4.69) is 10.6 Å². The molecule has 0 saturated carbocycles. The molecular weight excluding hydrogens is 502 g/mol. The standard InChI is InChI=1S/C33H31N3O4/c1-23-15-17-26(18-16-23)22-36-30(32(38)34-21-25-11-6-3-7-12-25)31(40-33(36)39)27-13-8-14-28(20-27)35-29(37)19-24-9-4-2-5-10-24/h2-18,20,30-31H,19,21-22H2,1H3,(H,34,38)(H,35,37)/t30-,31+/m0/s1. The van der Waals surface area contributed by atoms with E-state index in [9.17, 15) is 14.4 Å². The molecule has 5 rings (SSSR count). The Morgan fingerprint density at radius 2 is 1.48 bits per heavy atom. The van der Waals surface area contributed by atoms with Gasteiger partial charge in [-0.3, -0.25) is 14.5 Å². The molecule has 0 aliphatic carbocycles. The summed E-state index contributed by atoms with van der Waals surface area (Å²) in [5.41, 5.74) is 5.04. The lowest BCUT2D eigenvalue weighted by atomic mass is 9.99. The Bertz CT molecular complexity index is 1470. The topological polar surface area (TPSA) is 87.7 Å². The molecule has 0 unspecified atom stereocenters. The Kier molecular flexibility index (Phi) is 8.21. The van der Waals surface area contributed by atoms with Gasteiger partial charge < -0.3 is 15.4 Å². The van der Waals surface area contributed by atoms with Gasteiger partial charge in [0.25, 0.3) is 0 Å². The van der Waals surface area contributed by atoms with Gasteiger partial charge in [-0.05, 0) is 41.3 Å². The monoisotopic (exact) mass is 533 g/mol. The van der Waals surface area contributed by atoms with Gasteiger partial charge in [0.1, 0.15) is 0 Å². The van der Waals surface area contributed by atoms with Crippen LogP contribution < -0.4 is 10.6 Å². The highest BCUT2D eigenvalue weighted by Gasteiger charge is 2.47. The Morgan fingerprint density at radius 3 is 2.17 bits per heavy atom. The fourth-order valence-corrected chi connectivity index (χ4v) is 4.77. The molecule has 202 valence electrons. The summed E-state index contributed by atoms with van der Waals surface area (Å²) in [6.45, 7) is 2.55. The van der Waals surface area contributed by atoms with E-state index in [-0.39, 0.29) is 24.8 Å². The Hall–Kier alpha value is -4.91. The summed E-state index contributed by atoms with van der Waals surface area (Å²) < 4.78 is 5.81. The van der Waals surface area contributed by atoms with Crippen LogP contribution in [0.2, 0.25) is 0 Å². The minimum Gasteiger partial charge on any atom is -0.438 e. The third kappa shape index (κ3) is 6.56. The maximum Gasteiger partial charge on any atom is 0.411 e. The van der Waals surface area contributed by atoms with Crippen LogP contribution in [0.3, 0.4) is 0 Å². The van der Waals surface area contributed by atoms with Crippen molar-refractivity contribution >= 4 is 23.6 Å². The number of benzene rings is 4. The third-order valence-corrected chi connectivity index (χ3v) is 6.84. The number of ether oxygens (including phenoxy) is 1. The number of anilines is 1. The average Bonchev–Trinajstić information content (AvgIpc) is 3.29. The van der Waals surface area contributed by atoms with Gasteiger partial charge in [-0.2, -0.15) is 0 Å². The second-order valence-corrected chi connectivity index (χ2v) is 9.90. The van der Waals surface area contributed by atoms with Crippen molar-refractivity contribution < 1.29 is 19.1 Å². The van der Waals surface area contributed by atoms with E-state index in [1.54, 1.807) is 24.3 Å². The first-order chi connectivity index (χ1) is 19.5. The third-order valence-electron chi connectivity index (χ3n) is 6.84. The van der Waals surface area contributed by atoms with Gasteiger partial charge in [0.2, 0.25) is 11.8 Å². The number of amides is 3. The zero-order valence-electron chi connectivity index (χ0n) is 22.2. The summed E-state index contributed by atoms with van der Waals surface area (Å²) in [6, 6.07) is 33.1. The minimum atomic E-state index is -0.896. The van der Waals surface area contributed by atoms with Crippen molar-refractivity contribution in [3.63, 3.8) is 0 Å². The van der Waals surface area contributed by atoms with Gasteiger partial charge in [-0.1, -0.05) is 103 Å². The number of hydrogen-bond donors (Lipinski definition) is 2. The van der Waals surface area contributed by atoms with Crippen molar-refractivity contribution in [1.29, 1.82) is 0 Å². The molecule has 4 aromatic carbocycles. The quantitative estimate of drug-likeness (QED) is 0.295. The summed E-state index contributed by atoms with van der Waals surface area (Å²) in [4.78, 5) is 40.9. The van der Waals surface area contributed by atoms with Gasteiger partial charge in [0, 0.05) is 12.2 Å². The lowest BCUT2D eigenvalue weighted by Crippen LogP contribution is -2.46. The van der Waals surface area contributed by atoms with E-state index in [0.717, 1.165) is 22.3 Å². The summed E-state index contributed by atoms with van der Waals surface area (Å²) in [7, 11) is 0. The number of cyclic esters (lactones) is 1. The molecule has 0 bridgehead atoms. The largest absolute Gasteiger partial charge is 0.438 e. The molecule has 3 amide bonds. The van der Waals surface area contributed by atoms with Crippen LogP contribution in [0.25, 0.3) is 0 Å². The van der Waals surface area contributed by atoms with Crippen LogP contribution in [0.15, 0.2) is 109 Å². The van der Waals surface area contributed by atoms with E-state index in [0.29, 0.717) is 17.8 Å². The first-order valence-electron chi connectivity index (χ1n) is 13.2. The van der Waals surface area contributed by atoms with Crippen molar-refractivity contribution in [3.05, 3.63) is 137 Å². The molecular formula is C33H31N3O4. The Labute approximate surface area is 233 Å². The second kappa shape index (κ2) is 12.3. The van der Waals surface area contributed by atoms with E-state index < -0.39 is 18.2 Å². The molecule has 7 heteroatoms. The van der Waals surface area contributed by atoms with Gasteiger partial charge in [-0.15, -0.1) is 0 Å². The smallest absolute Gasteiger partial charge is 0.411 e. The fourth-order valence-electron chi connectivity index (χ4n) is 4.77. The molecule has 1 saturated heterocycles. The molecule has 1 fully saturated rings. The van der Waals surface area contributed by atoms with Crippen LogP contribution in [0, 0.1) is 6.92 Å². The van der Waals surface area contributed by atoms with E-state index in [1.165, 1.54) is 4.90 Å². The molecule has 0 spiro atoms. The number of carbonyl (C=O) groups excluding carboxylic acids is 3. The molecule has 0 radical (unpaired) electrons. The van der Waals surface area contributed by atoms with Crippen LogP contribution in [-0.2, 0) is 33.8 Å². The number of aryl methyl sites for hydroxylation is 1. The average molecular weight is 534 g/mol. The number of rotatable bonds is 9. The van der Waals surface area contributed by atoms with Gasteiger partial charge >= 0.3 is 6.09 Å². The van der Waals surface area contributed by atoms with Crippen molar-refractivity contribution in [1.82, 2.24) is 10.2 Å². The number of nitrogens with one attached hydrogen (secondary N) is 2. The van der Waals surface area contributed by atoms with Gasteiger partial charge in [-0.25, -0.2) is 4.79 Å². The molecule has 7 nitrogen and oxygen atoms in total. The van der Waals surface area contributed by atoms with E-state index >= 15 is 0 Å². The first-order valence-corrected chi connectivity index (χ1v) is 13.2. The lowest BCUT2D eigenvalue weighted by Gasteiger charge is -2.24. The Morgan fingerprint density at radius 1 is 0.800 bits per heavy atom. The van der Waals surface area contributed by atoms with Crippen LogP contribution in [0.5, 0.6) is 0 Å². The number of carbonyl (C=O) groups is 3. The highest BCUT2D eigenvalue weighted by molar-refractivity contribution is 5.92. The van der Waals surface area contributed by atoms with E-state index in [1.807, 2.05) is 91.9 Å². The van der Waals surface area contributed by atoms with E-state index in [4.69, 9.17) is 4.74 Å². The normalized spacial score (nSPS) is 16.3. The highest BCUT2D eigenvalue weighted by Crippen LogP contribution is 2.35. The molecule has 2 N–H and O–H groups in total. The molecule has 2 atom stereocenters. The molecule has 4 aromatic rings. The highest BCUT2D eigenvalue weighted by atomic mass is 16.6. The van der Waals surface area contributed by atoms with Crippen molar-refractivity contribution in [2.75, 3.05) is 5.32 Å². The predicted octanol–water partition coefficient (Wildman–Crippen LogP) is 5.55. The number of nitrogens with zero attached hydrogens (tertiary/aromatic N) is 1. The molecule has 0 aromatic heterocycles. The van der Waals surface area contributed by atoms with Crippen molar-refractivity contribution in [2.45, 2.75) is 38.6 Å².